The molecule has 2 aromatic carbocycles. The number of benzene rings is 2. The van der Waals surface area contributed by atoms with Crippen LogP contribution in [0.4, 0.5) is 25.8 Å². The summed E-state index contributed by atoms with van der Waals surface area (Å²) in [5, 5.41) is 2.84. The summed E-state index contributed by atoms with van der Waals surface area (Å²) in [6.45, 7) is 1.80. The first-order valence-electron chi connectivity index (χ1n) is 5.25. The number of aryl methyl sites for hydroxylation is 1. The Morgan fingerprint density at radius 2 is 1.78 bits per heavy atom. The Labute approximate surface area is 112 Å². The van der Waals surface area contributed by atoms with Gasteiger partial charge >= 0.3 is 0 Å². The van der Waals surface area contributed by atoms with E-state index < -0.39 is 5.82 Å². The molecule has 0 aliphatic heterocycles. The van der Waals surface area contributed by atoms with Crippen LogP contribution in [0.2, 0.25) is 0 Å². The fourth-order valence-electron chi connectivity index (χ4n) is 1.54. The predicted molar refractivity (Wildman–Crippen MR) is 72.9 cm³/mol. The Balaban J connectivity index is 2.37. The molecule has 5 heteroatoms. The largest absolute Gasteiger partial charge is 0.397 e. The maximum atomic E-state index is 13.7. The molecule has 2 rings (SSSR count). The number of hydrogen-bond acceptors (Lipinski definition) is 2. The van der Waals surface area contributed by atoms with Gasteiger partial charge in [0, 0.05) is 6.07 Å². The Bertz CT molecular complexity index is 600. The van der Waals surface area contributed by atoms with Crippen LogP contribution < -0.4 is 11.1 Å². The SMILES string of the molecule is Cc1ccc(Nc2cc(Br)c(F)cc2N)c(F)c1. The lowest BCUT2D eigenvalue weighted by Gasteiger charge is -2.11. The molecule has 0 spiro atoms. The van der Waals surface area contributed by atoms with E-state index in [-0.39, 0.29) is 16.0 Å². The maximum absolute atomic E-state index is 13.7. The number of rotatable bonds is 2. The van der Waals surface area contributed by atoms with Gasteiger partial charge in [0.2, 0.25) is 0 Å². The van der Waals surface area contributed by atoms with Gasteiger partial charge in [-0.3, -0.25) is 0 Å². The molecule has 0 unspecified atom stereocenters. The Kier molecular flexibility index (Phi) is 3.52. The van der Waals surface area contributed by atoms with Crippen molar-refractivity contribution in [2.75, 3.05) is 11.1 Å². The third kappa shape index (κ3) is 2.61. The summed E-state index contributed by atoms with van der Waals surface area (Å²) in [5.41, 5.74) is 7.46. The molecule has 94 valence electrons. The minimum absolute atomic E-state index is 0.218. The number of anilines is 3. The first kappa shape index (κ1) is 12.8. The standard InChI is InChI=1S/C13H11BrF2N2/c1-7-2-3-12(10(16)4-7)18-13-5-8(14)9(15)6-11(13)17/h2-6,18H,17H2,1H3. The van der Waals surface area contributed by atoms with Gasteiger partial charge in [0.15, 0.2) is 0 Å². The van der Waals surface area contributed by atoms with E-state index in [0.717, 1.165) is 5.56 Å². The average molecular weight is 313 g/mol. The van der Waals surface area contributed by atoms with Crippen molar-refractivity contribution in [3.05, 3.63) is 52.0 Å². The van der Waals surface area contributed by atoms with Crippen LogP contribution >= 0.6 is 15.9 Å². The lowest BCUT2D eigenvalue weighted by atomic mass is 10.2. The quantitative estimate of drug-likeness (QED) is 0.808. The van der Waals surface area contributed by atoms with Crippen molar-refractivity contribution in [3.8, 4) is 0 Å². The van der Waals surface area contributed by atoms with Crippen molar-refractivity contribution in [1.29, 1.82) is 0 Å². The molecule has 0 aliphatic rings. The third-order valence-corrected chi connectivity index (χ3v) is 3.09. The first-order valence-corrected chi connectivity index (χ1v) is 6.04. The van der Waals surface area contributed by atoms with Crippen molar-refractivity contribution < 1.29 is 8.78 Å². The number of nitrogens with one attached hydrogen (secondary N) is 1. The summed E-state index contributed by atoms with van der Waals surface area (Å²) in [6, 6.07) is 7.46. The van der Waals surface area contributed by atoms with E-state index in [2.05, 4.69) is 21.2 Å². The van der Waals surface area contributed by atoms with Crippen LogP contribution in [0.25, 0.3) is 0 Å². The number of nitrogen functional groups attached to an aromatic ring is 1. The molecule has 0 atom stereocenters. The van der Waals surface area contributed by atoms with Gasteiger partial charge < -0.3 is 11.1 Å². The van der Waals surface area contributed by atoms with E-state index in [9.17, 15) is 8.78 Å². The Hall–Kier alpha value is -1.62. The van der Waals surface area contributed by atoms with Gasteiger partial charge in [-0.05, 0) is 46.6 Å². The highest BCUT2D eigenvalue weighted by Gasteiger charge is 2.08. The van der Waals surface area contributed by atoms with Crippen LogP contribution in [-0.2, 0) is 0 Å². The lowest BCUT2D eigenvalue weighted by molar-refractivity contribution is 0.622. The normalized spacial score (nSPS) is 10.4. The van der Waals surface area contributed by atoms with Crippen molar-refractivity contribution in [2.24, 2.45) is 0 Å². The molecule has 0 radical (unpaired) electrons. The van der Waals surface area contributed by atoms with Gasteiger partial charge in [0.25, 0.3) is 0 Å². The van der Waals surface area contributed by atoms with E-state index in [1.807, 2.05) is 0 Å². The van der Waals surface area contributed by atoms with Gasteiger partial charge in [0.05, 0.1) is 21.5 Å². The zero-order chi connectivity index (χ0) is 13.3. The maximum Gasteiger partial charge on any atom is 0.146 e. The van der Waals surface area contributed by atoms with Gasteiger partial charge in [-0.1, -0.05) is 6.07 Å². The van der Waals surface area contributed by atoms with Crippen molar-refractivity contribution >= 4 is 33.0 Å². The second-order valence-corrected chi connectivity index (χ2v) is 4.82. The van der Waals surface area contributed by atoms with Crippen LogP contribution in [0.15, 0.2) is 34.8 Å². The summed E-state index contributed by atoms with van der Waals surface area (Å²) in [4.78, 5) is 0. The topological polar surface area (TPSA) is 38.0 Å². The zero-order valence-corrected chi connectivity index (χ0v) is 11.2. The minimum Gasteiger partial charge on any atom is -0.397 e. The summed E-state index contributed by atoms with van der Waals surface area (Å²) in [5.74, 6) is -0.836. The van der Waals surface area contributed by atoms with Gasteiger partial charge in [-0.15, -0.1) is 0 Å². The van der Waals surface area contributed by atoms with Crippen LogP contribution in [0.1, 0.15) is 5.56 Å². The first-order chi connectivity index (χ1) is 8.47. The van der Waals surface area contributed by atoms with E-state index in [1.165, 1.54) is 18.2 Å². The van der Waals surface area contributed by atoms with Crippen LogP contribution in [0.3, 0.4) is 0 Å². The predicted octanol–water partition coefficient (Wildman–Crippen LogP) is 4.36. The third-order valence-electron chi connectivity index (χ3n) is 2.49. The number of nitrogens with two attached hydrogens (primary N) is 1. The highest BCUT2D eigenvalue weighted by Crippen LogP contribution is 2.30. The van der Waals surface area contributed by atoms with Gasteiger partial charge in [-0.2, -0.15) is 0 Å². The second-order valence-electron chi connectivity index (χ2n) is 3.96. The monoisotopic (exact) mass is 312 g/mol. The summed E-state index contributed by atoms with van der Waals surface area (Å²) >= 11 is 3.06. The van der Waals surface area contributed by atoms with Gasteiger partial charge in [-0.25, -0.2) is 8.78 Å². The van der Waals surface area contributed by atoms with Crippen molar-refractivity contribution in [3.63, 3.8) is 0 Å². The van der Waals surface area contributed by atoms with E-state index in [1.54, 1.807) is 19.1 Å². The molecule has 0 aromatic heterocycles. The minimum atomic E-state index is -0.456. The second kappa shape index (κ2) is 4.94. The van der Waals surface area contributed by atoms with Gasteiger partial charge in [0.1, 0.15) is 11.6 Å². The fourth-order valence-corrected chi connectivity index (χ4v) is 1.88. The molecule has 0 heterocycles. The highest BCUT2D eigenvalue weighted by atomic mass is 79.9. The molecular weight excluding hydrogens is 302 g/mol. The molecule has 2 nitrogen and oxygen atoms in total. The average Bonchev–Trinajstić information content (AvgIpc) is 2.29. The highest BCUT2D eigenvalue weighted by molar-refractivity contribution is 9.10. The molecule has 0 saturated heterocycles. The molecule has 2 aromatic rings. The summed E-state index contributed by atoms with van der Waals surface area (Å²) in [7, 11) is 0. The molecule has 0 aliphatic carbocycles. The van der Waals surface area contributed by atoms with Crippen molar-refractivity contribution in [2.45, 2.75) is 6.92 Å². The Morgan fingerprint density at radius 3 is 2.44 bits per heavy atom. The zero-order valence-electron chi connectivity index (χ0n) is 9.60. The number of hydrogen-bond donors (Lipinski definition) is 2. The smallest absolute Gasteiger partial charge is 0.146 e. The number of halogens is 3. The van der Waals surface area contributed by atoms with Crippen LogP contribution in [0.5, 0.6) is 0 Å². The molecule has 0 saturated carbocycles. The molecule has 0 amide bonds. The molecule has 0 bridgehead atoms. The Morgan fingerprint density at radius 1 is 1.06 bits per heavy atom. The molecule has 18 heavy (non-hydrogen) atoms. The van der Waals surface area contributed by atoms with Crippen molar-refractivity contribution in [1.82, 2.24) is 0 Å². The van der Waals surface area contributed by atoms with Crippen LogP contribution in [-0.4, -0.2) is 0 Å². The lowest BCUT2D eigenvalue weighted by Crippen LogP contribution is -1.99. The van der Waals surface area contributed by atoms with E-state index in [0.29, 0.717) is 11.4 Å². The van der Waals surface area contributed by atoms with E-state index >= 15 is 0 Å². The fraction of sp³-hybridized carbons (Fsp3) is 0.0769. The molecular formula is C13H11BrF2N2. The summed E-state index contributed by atoms with van der Waals surface area (Å²) in [6.07, 6.45) is 0. The summed E-state index contributed by atoms with van der Waals surface area (Å²) < 4.78 is 27.1. The molecule has 0 fully saturated rings. The molecule has 3 N–H and O–H groups in total. The van der Waals surface area contributed by atoms with Crippen LogP contribution in [0, 0.1) is 18.6 Å². The van der Waals surface area contributed by atoms with E-state index in [4.69, 9.17) is 5.73 Å².